The summed E-state index contributed by atoms with van der Waals surface area (Å²) >= 11 is 0. The van der Waals surface area contributed by atoms with Crippen LogP contribution in [0.25, 0.3) is 0 Å². The highest BCUT2D eigenvalue weighted by molar-refractivity contribution is 14.0. The van der Waals surface area contributed by atoms with E-state index in [0.717, 1.165) is 13.0 Å². The van der Waals surface area contributed by atoms with Crippen LogP contribution in [0.3, 0.4) is 0 Å². The number of nitrogens with one attached hydrogen (secondary N) is 1. The first-order valence-corrected chi connectivity index (χ1v) is 10.0. The first-order chi connectivity index (χ1) is 10.4. The van der Waals surface area contributed by atoms with Crippen LogP contribution in [0, 0.1) is 0 Å². The Morgan fingerprint density at radius 3 is 2.30 bits per heavy atom. The van der Waals surface area contributed by atoms with Crippen molar-refractivity contribution in [3.8, 4) is 0 Å². The van der Waals surface area contributed by atoms with E-state index in [1.54, 1.807) is 14.0 Å². The number of rotatable bonds is 13. The molecule has 140 valence electrons. The quantitative estimate of drug-likeness (QED) is 0.191. The summed E-state index contributed by atoms with van der Waals surface area (Å²) in [6.45, 7) is 5.73. The molecule has 0 aromatic carbocycles. The van der Waals surface area contributed by atoms with Crippen molar-refractivity contribution in [2.45, 2.75) is 58.8 Å². The maximum absolute atomic E-state index is 11.5. The van der Waals surface area contributed by atoms with Crippen LogP contribution in [-0.2, 0) is 10.0 Å². The van der Waals surface area contributed by atoms with Crippen molar-refractivity contribution in [2.24, 2.45) is 10.7 Å². The summed E-state index contributed by atoms with van der Waals surface area (Å²) in [5.74, 6) is 0.587. The van der Waals surface area contributed by atoms with Crippen LogP contribution in [0.5, 0.6) is 0 Å². The average Bonchev–Trinajstić information content (AvgIpc) is 2.50. The lowest BCUT2D eigenvalue weighted by Crippen LogP contribution is -2.33. The van der Waals surface area contributed by atoms with E-state index in [1.807, 2.05) is 0 Å². The van der Waals surface area contributed by atoms with Crippen LogP contribution in [0.4, 0.5) is 0 Å². The van der Waals surface area contributed by atoms with Gasteiger partial charge in [0.05, 0.1) is 5.75 Å². The molecule has 0 atom stereocenters. The summed E-state index contributed by atoms with van der Waals surface area (Å²) in [6, 6.07) is 0. The van der Waals surface area contributed by atoms with Gasteiger partial charge in [-0.15, -0.1) is 24.0 Å². The molecule has 0 heterocycles. The maximum atomic E-state index is 11.5. The molecule has 0 saturated carbocycles. The second-order valence-electron chi connectivity index (χ2n) is 5.54. The van der Waals surface area contributed by atoms with Crippen LogP contribution in [-0.4, -0.2) is 51.1 Å². The molecular weight excluding hydrogens is 427 g/mol. The molecule has 0 amide bonds. The van der Waals surface area contributed by atoms with Crippen molar-refractivity contribution in [1.29, 1.82) is 0 Å². The lowest BCUT2D eigenvalue weighted by molar-refractivity contribution is 0.465. The number of aliphatic imine (C=N–C) groups is 1. The van der Waals surface area contributed by atoms with Crippen LogP contribution >= 0.6 is 24.0 Å². The van der Waals surface area contributed by atoms with Gasteiger partial charge in [-0.05, 0) is 19.8 Å². The molecule has 0 aromatic rings. The Kier molecular flexibility index (Phi) is 16.9. The van der Waals surface area contributed by atoms with Gasteiger partial charge in [-0.1, -0.05) is 39.0 Å². The highest BCUT2D eigenvalue weighted by Gasteiger charge is 2.13. The smallest absolute Gasteiger partial charge is 0.213 e. The molecule has 6 nitrogen and oxygen atoms in total. The van der Waals surface area contributed by atoms with Crippen molar-refractivity contribution in [1.82, 2.24) is 9.62 Å². The number of hydrogen-bond acceptors (Lipinski definition) is 3. The minimum absolute atomic E-state index is 0. The van der Waals surface area contributed by atoms with Gasteiger partial charge in [0, 0.05) is 26.7 Å². The molecule has 0 unspecified atom stereocenters. The Bertz CT molecular complexity index is 402. The first-order valence-electron chi connectivity index (χ1n) is 8.41. The number of halogens is 1. The number of nitrogens with two attached hydrogens (primary N) is 1. The second-order valence-corrected chi connectivity index (χ2v) is 7.90. The van der Waals surface area contributed by atoms with Crippen LogP contribution < -0.4 is 11.1 Å². The van der Waals surface area contributed by atoms with E-state index in [4.69, 9.17) is 5.73 Å². The van der Waals surface area contributed by atoms with E-state index in [0.29, 0.717) is 25.5 Å². The lowest BCUT2D eigenvalue weighted by Gasteiger charge is -2.15. The van der Waals surface area contributed by atoms with E-state index in [1.165, 1.54) is 36.4 Å². The number of hydrogen-bond donors (Lipinski definition) is 2. The maximum Gasteiger partial charge on any atom is 0.213 e. The summed E-state index contributed by atoms with van der Waals surface area (Å²) in [5, 5.41) is 3.10. The Balaban J connectivity index is 0. The third kappa shape index (κ3) is 14.0. The van der Waals surface area contributed by atoms with Gasteiger partial charge in [-0.25, -0.2) is 12.7 Å². The molecule has 0 aliphatic carbocycles. The highest BCUT2D eigenvalue weighted by atomic mass is 127. The Hall–Kier alpha value is -0.0900. The van der Waals surface area contributed by atoms with Crippen molar-refractivity contribution in [3.05, 3.63) is 0 Å². The van der Waals surface area contributed by atoms with Gasteiger partial charge in [0.1, 0.15) is 0 Å². The first kappa shape index (κ1) is 25.2. The predicted octanol–water partition coefficient (Wildman–Crippen LogP) is 2.54. The van der Waals surface area contributed by atoms with Crippen molar-refractivity contribution in [3.63, 3.8) is 0 Å². The van der Waals surface area contributed by atoms with E-state index < -0.39 is 10.0 Å². The van der Waals surface area contributed by atoms with Gasteiger partial charge < -0.3 is 11.1 Å². The number of guanidine groups is 1. The van der Waals surface area contributed by atoms with E-state index in [9.17, 15) is 8.42 Å². The minimum Gasteiger partial charge on any atom is -0.370 e. The summed E-state index contributed by atoms with van der Waals surface area (Å²) in [4.78, 5) is 4.21. The fourth-order valence-electron chi connectivity index (χ4n) is 2.03. The second kappa shape index (κ2) is 15.4. The van der Waals surface area contributed by atoms with Gasteiger partial charge in [0.2, 0.25) is 10.0 Å². The summed E-state index contributed by atoms with van der Waals surface area (Å²) in [5.41, 5.74) is 5.77. The summed E-state index contributed by atoms with van der Waals surface area (Å²) in [6.07, 6.45) is 8.19. The molecule has 3 N–H and O–H groups in total. The molecule has 0 rings (SSSR count). The molecule has 0 aromatic heterocycles. The fraction of sp³-hybridized carbons (Fsp3) is 0.933. The Morgan fingerprint density at radius 2 is 1.70 bits per heavy atom. The number of sulfonamides is 1. The molecule has 0 fully saturated rings. The van der Waals surface area contributed by atoms with E-state index in [2.05, 4.69) is 17.2 Å². The largest absolute Gasteiger partial charge is 0.370 e. The third-order valence-corrected chi connectivity index (χ3v) is 5.45. The predicted molar refractivity (Wildman–Crippen MR) is 110 cm³/mol. The Labute approximate surface area is 159 Å². The molecule has 0 saturated heterocycles. The average molecular weight is 462 g/mol. The molecule has 0 bridgehead atoms. The van der Waals surface area contributed by atoms with Crippen molar-refractivity contribution < 1.29 is 8.42 Å². The van der Waals surface area contributed by atoms with E-state index in [-0.39, 0.29) is 29.7 Å². The van der Waals surface area contributed by atoms with Gasteiger partial charge in [-0.3, -0.25) is 4.99 Å². The van der Waals surface area contributed by atoms with Gasteiger partial charge in [-0.2, -0.15) is 0 Å². The zero-order chi connectivity index (χ0) is 16.8. The normalized spacial score (nSPS) is 12.3. The molecule has 8 heteroatoms. The molecule has 0 spiro atoms. The highest BCUT2D eigenvalue weighted by Crippen LogP contribution is 2.04. The standard InChI is InChI=1S/C15H34N4O2S.HI/c1-4-6-7-8-9-10-12-17-15(16)18-13-11-14-19(3)22(20,21)5-2;/h4-14H2,1-3H3,(H3,16,17,18);1H. The van der Waals surface area contributed by atoms with Crippen LogP contribution in [0.2, 0.25) is 0 Å². The number of nitrogens with zero attached hydrogens (tertiary/aromatic N) is 2. The third-order valence-electron chi connectivity index (χ3n) is 3.59. The minimum atomic E-state index is -3.09. The zero-order valence-corrected chi connectivity index (χ0v) is 18.0. The van der Waals surface area contributed by atoms with Crippen LogP contribution in [0.1, 0.15) is 58.8 Å². The summed E-state index contributed by atoms with van der Waals surface area (Å²) in [7, 11) is -1.49. The van der Waals surface area contributed by atoms with Crippen molar-refractivity contribution in [2.75, 3.05) is 32.4 Å². The van der Waals surface area contributed by atoms with Crippen LogP contribution in [0.15, 0.2) is 4.99 Å². The lowest BCUT2D eigenvalue weighted by atomic mass is 10.1. The monoisotopic (exact) mass is 462 g/mol. The number of unbranched alkanes of at least 4 members (excludes halogenated alkanes) is 5. The molecular formula is C15H35IN4O2S. The fourth-order valence-corrected chi connectivity index (χ4v) is 2.88. The molecule has 23 heavy (non-hydrogen) atoms. The van der Waals surface area contributed by atoms with E-state index >= 15 is 0 Å². The molecule has 0 radical (unpaired) electrons. The molecule has 0 aliphatic rings. The SMILES string of the molecule is CCCCCCCCNC(N)=NCCCN(C)S(=O)(=O)CC.I. The van der Waals surface area contributed by atoms with Gasteiger partial charge in [0.15, 0.2) is 5.96 Å². The Morgan fingerprint density at radius 1 is 1.09 bits per heavy atom. The van der Waals surface area contributed by atoms with Crippen molar-refractivity contribution >= 4 is 40.0 Å². The van der Waals surface area contributed by atoms with Gasteiger partial charge in [0.25, 0.3) is 0 Å². The molecule has 0 aliphatic heterocycles. The summed E-state index contributed by atoms with van der Waals surface area (Å²) < 4.78 is 24.5. The zero-order valence-electron chi connectivity index (χ0n) is 14.9. The van der Waals surface area contributed by atoms with Gasteiger partial charge >= 0.3 is 0 Å². The topological polar surface area (TPSA) is 87.8 Å².